The van der Waals surface area contributed by atoms with Crippen LogP contribution < -0.4 is 0 Å². The molecule has 0 aliphatic carbocycles. The van der Waals surface area contributed by atoms with Gasteiger partial charge < -0.3 is 4.98 Å². The van der Waals surface area contributed by atoms with E-state index in [-0.39, 0.29) is 11.5 Å². The molecule has 5 heteroatoms. The number of rotatable bonds is 2. The number of nitrogens with one attached hydrogen (secondary N) is 1. The summed E-state index contributed by atoms with van der Waals surface area (Å²) in [6.45, 7) is 0. The van der Waals surface area contributed by atoms with Crippen molar-refractivity contribution in [3.8, 4) is 0 Å². The smallest absolute Gasteiger partial charge is 0.183 e. The van der Waals surface area contributed by atoms with Crippen LogP contribution in [0.3, 0.4) is 0 Å². The topological polar surface area (TPSA) is 67.0 Å². The lowest BCUT2D eigenvalue weighted by atomic mass is 10.0. The van der Waals surface area contributed by atoms with Crippen LogP contribution in [-0.2, 0) is 9.84 Å². The van der Waals surface area contributed by atoms with E-state index in [9.17, 15) is 13.2 Å². The summed E-state index contributed by atoms with van der Waals surface area (Å²) in [6.07, 6.45) is 3.54. The molecule has 2 heterocycles. The van der Waals surface area contributed by atoms with Crippen molar-refractivity contribution in [1.82, 2.24) is 4.98 Å². The highest BCUT2D eigenvalue weighted by Crippen LogP contribution is 2.26. The normalized spacial score (nSPS) is 22.4. The zero-order chi connectivity index (χ0) is 13.5. The van der Waals surface area contributed by atoms with Crippen LogP contribution in [-0.4, -0.2) is 30.2 Å². The number of aromatic amines is 1. The van der Waals surface area contributed by atoms with Gasteiger partial charge in [-0.3, -0.25) is 4.79 Å². The largest absolute Gasteiger partial charge is 0.360 e. The molecule has 1 saturated heterocycles. The summed E-state index contributed by atoms with van der Waals surface area (Å²) in [4.78, 5) is 15.5. The molecule has 2 aromatic rings. The highest BCUT2D eigenvalue weighted by molar-refractivity contribution is 7.92. The molecular formula is C14H15NO3S. The second kappa shape index (κ2) is 4.49. The molecule has 1 fully saturated rings. The Morgan fingerprint density at radius 1 is 1.21 bits per heavy atom. The molecule has 100 valence electrons. The number of carbonyl (C=O) groups is 1. The highest BCUT2D eigenvalue weighted by atomic mass is 32.2. The molecule has 0 saturated carbocycles. The number of sulfone groups is 1. The SMILES string of the molecule is O=C(c1c[nH]c2ccccc12)C1CCCCS1(=O)=O. The zero-order valence-corrected chi connectivity index (χ0v) is 11.2. The molecule has 19 heavy (non-hydrogen) atoms. The summed E-state index contributed by atoms with van der Waals surface area (Å²) in [5, 5.41) is -0.0614. The van der Waals surface area contributed by atoms with E-state index in [4.69, 9.17) is 0 Å². The fraction of sp³-hybridized carbons (Fsp3) is 0.357. The standard InChI is InChI=1S/C14H15NO3S/c16-14(13-7-3-4-8-19(13,17)18)11-9-15-12-6-2-1-5-10(11)12/h1-2,5-6,9,13,15H,3-4,7-8H2. The van der Waals surface area contributed by atoms with E-state index in [0.29, 0.717) is 18.4 Å². The number of aromatic nitrogens is 1. The Labute approximate surface area is 111 Å². The van der Waals surface area contributed by atoms with Crippen molar-refractivity contribution in [3.05, 3.63) is 36.0 Å². The van der Waals surface area contributed by atoms with Gasteiger partial charge in [0.1, 0.15) is 5.25 Å². The molecule has 4 nitrogen and oxygen atoms in total. The Kier molecular flexibility index (Phi) is 2.93. The van der Waals surface area contributed by atoms with Crippen LogP contribution in [0.5, 0.6) is 0 Å². The van der Waals surface area contributed by atoms with Crippen LogP contribution in [0.2, 0.25) is 0 Å². The summed E-state index contributed by atoms with van der Waals surface area (Å²) >= 11 is 0. The Bertz CT molecular complexity index is 730. The number of para-hydroxylation sites is 1. The lowest BCUT2D eigenvalue weighted by Crippen LogP contribution is -2.35. The average Bonchev–Trinajstić information content (AvgIpc) is 2.81. The van der Waals surface area contributed by atoms with Crippen molar-refractivity contribution in [1.29, 1.82) is 0 Å². The van der Waals surface area contributed by atoms with E-state index in [1.807, 2.05) is 24.3 Å². The van der Waals surface area contributed by atoms with Gasteiger partial charge in [-0.25, -0.2) is 8.42 Å². The number of benzene rings is 1. The van der Waals surface area contributed by atoms with Gasteiger partial charge in [0.25, 0.3) is 0 Å². The average molecular weight is 277 g/mol. The maximum Gasteiger partial charge on any atom is 0.183 e. The monoisotopic (exact) mass is 277 g/mol. The maximum absolute atomic E-state index is 12.5. The summed E-state index contributed by atoms with van der Waals surface area (Å²) in [7, 11) is -3.28. The Morgan fingerprint density at radius 2 is 2.00 bits per heavy atom. The van der Waals surface area contributed by atoms with Gasteiger partial charge in [0.2, 0.25) is 0 Å². The summed E-state index contributed by atoms with van der Waals surface area (Å²) in [5.41, 5.74) is 1.35. The Balaban J connectivity index is 2.04. The first-order valence-corrected chi connectivity index (χ1v) is 8.13. The molecule has 3 rings (SSSR count). The van der Waals surface area contributed by atoms with Crippen LogP contribution in [0.15, 0.2) is 30.5 Å². The quantitative estimate of drug-likeness (QED) is 0.857. The van der Waals surface area contributed by atoms with Gasteiger partial charge in [0.05, 0.1) is 5.75 Å². The second-order valence-corrected chi connectivity index (χ2v) is 7.27. The number of fused-ring (bicyclic) bond motifs is 1. The first-order chi connectivity index (χ1) is 9.09. The maximum atomic E-state index is 12.5. The van der Waals surface area contributed by atoms with Crippen LogP contribution in [0.25, 0.3) is 10.9 Å². The van der Waals surface area contributed by atoms with Crippen LogP contribution in [0, 0.1) is 0 Å². The highest BCUT2D eigenvalue weighted by Gasteiger charge is 2.36. The molecule has 1 aliphatic heterocycles. The molecule has 1 aromatic heterocycles. The number of hydrogen-bond donors (Lipinski definition) is 1. The van der Waals surface area contributed by atoms with Crippen molar-refractivity contribution >= 4 is 26.5 Å². The van der Waals surface area contributed by atoms with Crippen LogP contribution in [0.1, 0.15) is 29.6 Å². The van der Waals surface area contributed by atoms with Crippen molar-refractivity contribution < 1.29 is 13.2 Å². The van der Waals surface area contributed by atoms with Crippen molar-refractivity contribution in [2.45, 2.75) is 24.5 Å². The summed E-state index contributed by atoms with van der Waals surface area (Å²) < 4.78 is 24.0. The van der Waals surface area contributed by atoms with Gasteiger partial charge in [-0.1, -0.05) is 24.6 Å². The van der Waals surface area contributed by atoms with Crippen molar-refractivity contribution in [3.63, 3.8) is 0 Å². The number of hydrogen-bond acceptors (Lipinski definition) is 3. The van der Waals surface area contributed by atoms with Gasteiger partial charge in [-0.15, -0.1) is 0 Å². The van der Waals surface area contributed by atoms with E-state index < -0.39 is 15.1 Å². The third kappa shape index (κ3) is 2.08. The number of carbonyl (C=O) groups excluding carboxylic acids is 1. The number of Topliss-reactive ketones (excluding diaryl/α,β-unsaturated/α-hetero) is 1. The minimum absolute atomic E-state index is 0.131. The fourth-order valence-corrected chi connectivity index (χ4v) is 4.57. The molecular weight excluding hydrogens is 262 g/mol. The lowest BCUT2D eigenvalue weighted by molar-refractivity contribution is 0.0983. The molecule has 1 aromatic carbocycles. The van der Waals surface area contributed by atoms with Crippen LogP contribution >= 0.6 is 0 Å². The minimum atomic E-state index is -3.28. The van der Waals surface area contributed by atoms with Gasteiger partial charge >= 0.3 is 0 Å². The van der Waals surface area contributed by atoms with Gasteiger partial charge in [0.15, 0.2) is 15.6 Å². The lowest BCUT2D eigenvalue weighted by Gasteiger charge is -2.20. The summed E-state index contributed by atoms with van der Waals surface area (Å²) in [5.74, 6) is -0.136. The molecule has 0 amide bonds. The molecule has 1 N–H and O–H groups in total. The van der Waals surface area contributed by atoms with Crippen molar-refractivity contribution in [2.75, 3.05) is 5.75 Å². The van der Waals surface area contributed by atoms with E-state index in [2.05, 4.69) is 4.98 Å². The fourth-order valence-electron chi connectivity index (χ4n) is 2.70. The van der Waals surface area contributed by atoms with Gasteiger partial charge in [-0.05, 0) is 18.9 Å². The van der Waals surface area contributed by atoms with Crippen LogP contribution in [0.4, 0.5) is 0 Å². The predicted octanol–water partition coefficient (Wildman–Crippen LogP) is 2.32. The van der Waals surface area contributed by atoms with E-state index in [0.717, 1.165) is 17.3 Å². The van der Waals surface area contributed by atoms with Gasteiger partial charge in [0, 0.05) is 22.7 Å². The van der Waals surface area contributed by atoms with E-state index in [1.165, 1.54) is 0 Å². The third-order valence-electron chi connectivity index (χ3n) is 3.73. The molecule has 1 unspecified atom stereocenters. The number of H-pyrrole nitrogens is 1. The Morgan fingerprint density at radius 3 is 2.79 bits per heavy atom. The minimum Gasteiger partial charge on any atom is -0.360 e. The van der Waals surface area contributed by atoms with E-state index >= 15 is 0 Å². The van der Waals surface area contributed by atoms with Crippen molar-refractivity contribution in [2.24, 2.45) is 0 Å². The zero-order valence-electron chi connectivity index (χ0n) is 10.4. The Hall–Kier alpha value is -1.62. The molecule has 1 aliphatic rings. The molecule has 1 atom stereocenters. The third-order valence-corrected chi connectivity index (χ3v) is 5.90. The predicted molar refractivity (Wildman–Crippen MR) is 74.1 cm³/mol. The number of ketones is 1. The first kappa shape index (κ1) is 12.4. The molecule has 0 bridgehead atoms. The van der Waals surface area contributed by atoms with Gasteiger partial charge in [-0.2, -0.15) is 0 Å². The van der Waals surface area contributed by atoms with E-state index in [1.54, 1.807) is 6.20 Å². The molecule has 0 radical (unpaired) electrons. The second-order valence-electron chi connectivity index (χ2n) is 4.96. The first-order valence-electron chi connectivity index (χ1n) is 6.41. The summed E-state index contributed by atoms with van der Waals surface area (Å²) in [6, 6.07) is 7.45. The molecule has 0 spiro atoms.